The molecule has 0 bridgehead atoms. The minimum atomic E-state index is -1.46. The Balaban J connectivity index is 1.89. The summed E-state index contributed by atoms with van der Waals surface area (Å²) in [6.45, 7) is 7.66. The maximum Gasteiger partial charge on any atom is 0.408 e. The topological polar surface area (TPSA) is 134 Å². The summed E-state index contributed by atoms with van der Waals surface area (Å²) in [5.41, 5.74) is 5.44. The smallest absolute Gasteiger partial charge is 0.408 e. The SMILES string of the molecule is CC(C)(C)OC1(c2nc3c(N4CCOCC4)cc(F)cc3[nH]2)CCN(C(=O)O)C(N)C1=C=O. The number of hydrogen-bond acceptors (Lipinski definition) is 7. The molecule has 0 radical (unpaired) electrons. The fraction of sp³-hybridized carbons (Fsp3) is 0.545. The number of anilines is 1. The third-order valence-electron chi connectivity index (χ3n) is 5.87. The molecule has 2 fully saturated rings. The van der Waals surface area contributed by atoms with Gasteiger partial charge in [0.2, 0.25) is 0 Å². The first-order valence-electron chi connectivity index (χ1n) is 10.8. The molecular formula is C22H28FN5O5. The van der Waals surface area contributed by atoms with Gasteiger partial charge in [0.25, 0.3) is 0 Å². The number of carboxylic acid groups (broad SMARTS) is 1. The quantitative estimate of drug-likeness (QED) is 0.591. The zero-order valence-corrected chi connectivity index (χ0v) is 18.9. The van der Waals surface area contributed by atoms with Crippen molar-refractivity contribution in [1.82, 2.24) is 14.9 Å². The molecule has 0 saturated carbocycles. The molecule has 1 aromatic heterocycles. The summed E-state index contributed by atoms with van der Waals surface area (Å²) in [6.07, 6.45) is -2.43. The zero-order chi connectivity index (χ0) is 24.0. The number of morpholine rings is 1. The second-order valence-electron chi connectivity index (χ2n) is 9.23. The van der Waals surface area contributed by atoms with Gasteiger partial charge < -0.3 is 30.2 Å². The van der Waals surface area contributed by atoms with Crippen LogP contribution in [0.15, 0.2) is 17.7 Å². The van der Waals surface area contributed by atoms with Gasteiger partial charge in [-0.2, -0.15) is 0 Å². The van der Waals surface area contributed by atoms with Crippen LogP contribution in [0.4, 0.5) is 14.9 Å². The number of likely N-dealkylation sites (tertiary alicyclic amines) is 1. The van der Waals surface area contributed by atoms with Gasteiger partial charge in [0, 0.05) is 26.1 Å². The lowest BCUT2D eigenvalue weighted by Crippen LogP contribution is -2.59. The van der Waals surface area contributed by atoms with E-state index >= 15 is 0 Å². The van der Waals surface area contributed by atoms with Crippen LogP contribution in [0.2, 0.25) is 0 Å². The minimum absolute atomic E-state index is 0.0134. The molecule has 2 aliphatic rings. The fourth-order valence-corrected chi connectivity index (χ4v) is 4.53. The third kappa shape index (κ3) is 4.20. The number of nitrogens with two attached hydrogens (primary N) is 1. The van der Waals surface area contributed by atoms with E-state index in [9.17, 15) is 19.1 Å². The number of H-pyrrole nitrogens is 1. The fourth-order valence-electron chi connectivity index (χ4n) is 4.53. The van der Waals surface area contributed by atoms with E-state index in [2.05, 4.69) is 4.98 Å². The number of rotatable bonds is 3. The number of benzene rings is 1. The Morgan fingerprint density at radius 3 is 2.67 bits per heavy atom. The van der Waals surface area contributed by atoms with Crippen molar-refractivity contribution in [3.63, 3.8) is 0 Å². The Labute approximate surface area is 190 Å². The standard InChI is InChI=1S/C22H28FN5O5/c1-21(2,3)33-22(4-5-28(20(30)31)18(24)14(22)12-29)19-25-15-10-13(23)11-16(17(15)26-19)27-6-8-32-9-7-27/h10-11,18H,4-9,24H2,1-3H3,(H,25,26)(H,30,31). The highest BCUT2D eigenvalue weighted by molar-refractivity contribution is 5.89. The molecule has 2 unspecified atom stereocenters. The molecule has 1 aromatic carbocycles. The third-order valence-corrected chi connectivity index (χ3v) is 5.87. The number of nitrogens with zero attached hydrogens (tertiary/aromatic N) is 3. The first-order chi connectivity index (χ1) is 15.6. The van der Waals surface area contributed by atoms with Gasteiger partial charge in [-0.05, 0) is 32.9 Å². The molecule has 33 heavy (non-hydrogen) atoms. The van der Waals surface area contributed by atoms with Crippen LogP contribution in [0, 0.1) is 5.82 Å². The molecule has 178 valence electrons. The molecule has 1 amide bonds. The van der Waals surface area contributed by atoms with Gasteiger partial charge in [-0.15, -0.1) is 0 Å². The maximum absolute atomic E-state index is 14.5. The summed E-state index contributed by atoms with van der Waals surface area (Å²) >= 11 is 0. The van der Waals surface area contributed by atoms with Crippen LogP contribution in [-0.2, 0) is 19.9 Å². The van der Waals surface area contributed by atoms with Crippen molar-refractivity contribution < 1.29 is 28.6 Å². The molecule has 4 N–H and O–H groups in total. The van der Waals surface area contributed by atoms with Crippen molar-refractivity contribution in [2.45, 2.75) is 44.6 Å². The van der Waals surface area contributed by atoms with E-state index in [1.54, 1.807) is 0 Å². The van der Waals surface area contributed by atoms with Crippen LogP contribution >= 0.6 is 0 Å². The van der Waals surface area contributed by atoms with Crippen molar-refractivity contribution in [3.05, 3.63) is 29.3 Å². The molecular weight excluding hydrogens is 433 g/mol. The number of halogens is 1. The van der Waals surface area contributed by atoms with Gasteiger partial charge >= 0.3 is 6.09 Å². The Bertz CT molecular complexity index is 1120. The van der Waals surface area contributed by atoms with Gasteiger partial charge in [0.15, 0.2) is 5.60 Å². The Morgan fingerprint density at radius 1 is 1.36 bits per heavy atom. The molecule has 0 spiro atoms. The number of fused-ring (bicyclic) bond motifs is 1. The van der Waals surface area contributed by atoms with Crippen molar-refractivity contribution in [2.75, 3.05) is 37.7 Å². The summed E-state index contributed by atoms with van der Waals surface area (Å²) in [7, 11) is 0. The number of nitrogens with one attached hydrogen (secondary N) is 1. The molecule has 4 rings (SSSR count). The van der Waals surface area contributed by atoms with Crippen LogP contribution < -0.4 is 10.6 Å². The van der Waals surface area contributed by atoms with Crippen LogP contribution in [0.3, 0.4) is 0 Å². The average molecular weight is 461 g/mol. The first kappa shape index (κ1) is 23.2. The number of amides is 1. The van der Waals surface area contributed by atoms with Crippen molar-refractivity contribution in [3.8, 4) is 0 Å². The Hall–Kier alpha value is -2.98. The van der Waals surface area contributed by atoms with Gasteiger partial charge in [0.1, 0.15) is 29.3 Å². The summed E-state index contributed by atoms with van der Waals surface area (Å²) < 4.78 is 26.3. The number of imidazole rings is 1. The number of aromatic amines is 1. The largest absolute Gasteiger partial charge is 0.465 e. The van der Waals surface area contributed by atoms with Crippen LogP contribution in [0.5, 0.6) is 0 Å². The van der Waals surface area contributed by atoms with Crippen molar-refractivity contribution >= 4 is 28.8 Å². The molecule has 2 saturated heterocycles. The second-order valence-corrected chi connectivity index (χ2v) is 9.23. The van der Waals surface area contributed by atoms with Crippen molar-refractivity contribution in [1.29, 1.82) is 0 Å². The summed E-state index contributed by atoms with van der Waals surface area (Å²) in [5, 5.41) is 9.50. The molecule has 0 aliphatic carbocycles. The first-order valence-corrected chi connectivity index (χ1v) is 10.8. The van der Waals surface area contributed by atoms with E-state index in [0.717, 1.165) is 4.90 Å². The number of piperidine rings is 1. The van der Waals surface area contributed by atoms with Crippen LogP contribution in [0.1, 0.15) is 33.0 Å². The highest BCUT2D eigenvalue weighted by Crippen LogP contribution is 2.44. The molecule has 3 heterocycles. The lowest BCUT2D eigenvalue weighted by Gasteiger charge is -2.46. The summed E-state index contributed by atoms with van der Waals surface area (Å²) in [6, 6.07) is 2.75. The average Bonchev–Trinajstić information content (AvgIpc) is 3.17. The lowest BCUT2D eigenvalue weighted by molar-refractivity contribution is -0.139. The van der Waals surface area contributed by atoms with Gasteiger partial charge in [-0.3, -0.25) is 4.90 Å². The van der Waals surface area contributed by atoms with E-state index in [1.165, 1.54) is 12.1 Å². The maximum atomic E-state index is 14.5. The highest BCUT2D eigenvalue weighted by Gasteiger charge is 2.52. The van der Waals surface area contributed by atoms with Crippen LogP contribution in [-0.4, -0.2) is 76.6 Å². The van der Waals surface area contributed by atoms with E-state index in [1.807, 2.05) is 31.6 Å². The normalized spacial score (nSPS) is 24.3. The Morgan fingerprint density at radius 2 is 2.06 bits per heavy atom. The van der Waals surface area contributed by atoms with E-state index in [-0.39, 0.29) is 24.4 Å². The number of ether oxygens (including phenoxy) is 2. The number of carbonyl (C=O) groups excluding carboxylic acids is 1. The van der Waals surface area contributed by atoms with E-state index in [0.29, 0.717) is 43.0 Å². The molecule has 10 nitrogen and oxygen atoms in total. The Kier molecular flexibility index (Phi) is 5.92. The molecule has 2 aliphatic heterocycles. The predicted octanol–water partition coefficient (Wildman–Crippen LogP) is 1.98. The number of carbonyl (C=O) groups is 1. The molecule has 11 heteroatoms. The zero-order valence-electron chi connectivity index (χ0n) is 18.9. The molecule has 2 atom stereocenters. The summed E-state index contributed by atoms with van der Waals surface area (Å²) in [4.78, 5) is 34.6. The van der Waals surface area contributed by atoms with Crippen molar-refractivity contribution in [2.24, 2.45) is 5.73 Å². The monoisotopic (exact) mass is 461 g/mol. The lowest BCUT2D eigenvalue weighted by atomic mass is 9.83. The van der Waals surface area contributed by atoms with E-state index < -0.39 is 29.3 Å². The van der Waals surface area contributed by atoms with Gasteiger partial charge in [-0.1, -0.05) is 0 Å². The van der Waals surface area contributed by atoms with Crippen LogP contribution in [0.25, 0.3) is 11.0 Å². The predicted molar refractivity (Wildman–Crippen MR) is 118 cm³/mol. The minimum Gasteiger partial charge on any atom is -0.465 e. The number of aromatic nitrogens is 2. The van der Waals surface area contributed by atoms with Gasteiger partial charge in [0.05, 0.1) is 35.6 Å². The second kappa shape index (κ2) is 8.42. The highest BCUT2D eigenvalue weighted by atomic mass is 19.1. The van der Waals surface area contributed by atoms with E-state index in [4.69, 9.17) is 20.2 Å². The number of hydrogen-bond donors (Lipinski definition) is 3. The molecule has 2 aromatic rings. The van der Waals surface area contributed by atoms with Gasteiger partial charge in [-0.25, -0.2) is 19.0 Å². The summed E-state index contributed by atoms with van der Waals surface area (Å²) in [5.74, 6) is 1.65.